The van der Waals surface area contributed by atoms with Crippen LogP contribution in [0.15, 0.2) is 0 Å². The van der Waals surface area contributed by atoms with Crippen LogP contribution in [-0.2, 0) is 4.84 Å². The van der Waals surface area contributed by atoms with E-state index >= 15 is 0 Å². The third-order valence-electron chi connectivity index (χ3n) is 1.10. The van der Waals surface area contributed by atoms with E-state index in [1.54, 1.807) is 0 Å². The number of nitrogens with one attached hydrogen (secondary N) is 1. The summed E-state index contributed by atoms with van der Waals surface area (Å²) in [6.07, 6.45) is 0.371. The number of amides is 1. The largest absolute Gasteiger partial charge is 0.425 e. The van der Waals surface area contributed by atoms with Gasteiger partial charge in [-0.15, -0.1) is 0 Å². The molecule has 1 amide bonds. The maximum atomic E-state index is 10.3. The molecule has 3 N–H and O–H groups in total. The van der Waals surface area contributed by atoms with E-state index in [-0.39, 0.29) is 0 Å². The Balaban J connectivity index is 3.12. The van der Waals surface area contributed by atoms with E-state index < -0.39 is 6.09 Å². The van der Waals surface area contributed by atoms with Gasteiger partial charge in [0, 0.05) is 6.54 Å². The first-order valence-electron chi connectivity index (χ1n) is 3.31. The van der Waals surface area contributed by atoms with Gasteiger partial charge in [0.2, 0.25) is 0 Å². The zero-order chi connectivity index (χ0) is 7.98. The third-order valence-corrected chi connectivity index (χ3v) is 1.10. The van der Waals surface area contributed by atoms with Gasteiger partial charge in [-0.2, -0.15) is 5.90 Å². The summed E-state index contributed by atoms with van der Waals surface area (Å²) < 4.78 is 0. The molecule has 4 heteroatoms. The van der Waals surface area contributed by atoms with Gasteiger partial charge in [-0.3, -0.25) is 0 Å². The fourth-order valence-electron chi connectivity index (χ4n) is 0.505. The molecule has 60 valence electrons. The number of nitrogens with two attached hydrogens (primary N) is 1. The van der Waals surface area contributed by atoms with Gasteiger partial charge in [-0.1, -0.05) is 13.8 Å². The highest BCUT2D eigenvalue weighted by Gasteiger charge is 1.98. The summed E-state index contributed by atoms with van der Waals surface area (Å²) in [7, 11) is 0. The molecule has 0 aromatic heterocycles. The van der Waals surface area contributed by atoms with Gasteiger partial charge < -0.3 is 10.2 Å². The highest BCUT2D eigenvalue weighted by atomic mass is 16.7. The molecular formula is C6H14N2O2. The summed E-state index contributed by atoms with van der Waals surface area (Å²) >= 11 is 0. The molecule has 0 atom stereocenters. The van der Waals surface area contributed by atoms with Gasteiger partial charge in [-0.05, 0) is 12.3 Å². The molecule has 0 aliphatic heterocycles. The summed E-state index contributed by atoms with van der Waals surface area (Å²) in [5, 5.41) is 2.48. The molecule has 0 aliphatic carbocycles. The molecule has 0 aromatic rings. The highest BCUT2D eigenvalue weighted by molar-refractivity contribution is 5.66. The van der Waals surface area contributed by atoms with Crippen molar-refractivity contribution in [3.05, 3.63) is 0 Å². The van der Waals surface area contributed by atoms with Crippen LogP contribution in [0.5, 0.6) is 0 Å². The Kier molecular flexibility index (Phi) is 4.66. The van der Waals surface area contributed by atoms with Crippen molar-refractivity contribution in [1.82, 2.24) is 5.32 Å². The minimum atomic E-state index is -0.569. The molecule has 0 spiro atoms. The molecule has 0 radical (unpaired) electrons. The number of carbonyl (C=O) groups is 1. The lowest BCUT2D eigenvalue weighted by atomic mass is 10.1. The van der Waals surface area contributed by atoms with Gasteiger partial charge in [-0.25, -0.2) is 4.79 Å². The second kappa shape index (κ2) is 5.05. The average Bonchev–Trinajstić information content (AvgIpc) is 1.87. The fraction of sp³-hybridized carbons (Fsp3) is 0.833. The number of hydrogen-bond acceptors (Lipinski definition) is 3. The Hall–Kier alpha value is -0.770. The standard InChI is InChI=1S/C6H14N2O2/c1-5(2)3-4-8-6(9)10-7/h5H,3-4,7H2,1-2H3,(H,8,9). The minimum Gasteiger partial charge on any atom is -0.357 e. The van der Waals surface area contributed by atoms with Crippen LogP contribution in [-0.4, -0.2) is 12.6 Å². The van der Waals surface area contributed by atoms with Crippen LogP contribution in [0.25, 0.3) is 0 Å². The Morgan fingerprint density at radius 1 is 1.70 bits per heavy atom. The molecule has 0 aromatic carbocycles. The Labute approximate surface area is 60.7 Å². The molecule has 0 heterocycles. The van der Waals surface area contributed by atoms with Gasteiger partial charge in [0.25, 0.3) is 0 Å². The Morgan fingerprint density at radius 3 is 2.70 bits per heavy atom. The summed E-state index contributed by atoms with van der Waals surface area (Å²) in [5.41, 5.74) is 0. The van der Waals surface area contributed by atoms with E-state index in [4.69, 9.17) is 0 Å². The monoisotopic (exact) mass is 146 g/mol. The molecule has 4 nitrogen and oxygen atoms in total. The highest BCUT2D eigenvalue weighted by Crippen LogP contribution is 1.95. The second-order valence-corrected chi connectivity index (χ2v) is 2.51. The lowest BCUT2D eigenvalue weighted by Crippen LogP contribution is -2.28. The van der Waals surface area contributed by atoms with Crippen LogP contribution in [0.4, 0.5) is 4.79 Å². The number of hydrogen-bond donors (Lipinski definition) is 2. The van der Waals surface area contributed by atoms with Crippen LogP contribution in [0, 0.1) is 5.92 Å². The van der Waals surface area contributed by atoms with Crippen LogP contribution in [0.3, 0.4) is 0 Å². The van der Waals surface area contributed by atoms with Crippen molar-refractivity contribution in [3.63, 3.8) is 0 Å². The van der Waals surface area contributed by atoms with Crippen molar-refractivity contribution in [3.8, 4) is 0 Å². The van der Waals surface area contributed by atoms with Crippen LogP contribution < -0.4 is 11.2 Å². The molecule has 0 saturated carbocycles. The first kappa shape index (κ1) is 9.23. The zero-order valence-corrected chi connectivity index (χ0v) is 6.39. The quantitative estimate of drug-likeness (QED) is 0.574. The Morgan fingerprint density at radius 2 is 2.30 bits per heavy atom. The van der Waals surface area contributed by atoms with E-state index in [1.165, 1.54) is 0 Å². The summed E-state index contributed by atoms with van der Waals surface area (Å²) in [5.74, 6) is 5.16. The summed E-state index contributed by atoms with van der Waals surface area (Å²) in [6, 6.07) is 0. The molecule has 0 saturated heterocycles. The zero-order valence-electron chi connectivity index (χ0n) is 6.39. The number of carbonyl (C=O) groups excluding carboxylic acids is 1. The molecular weight excluding hydrogens is 132 g/mol. The van der Waals surface area contributed by atoms with Gasteiger partial charge in [0.05, 0.1) is 0 Å². The van der Waals surface area contributed by atoms with E-state index in [2.05, 4.69) is 29.9 Å². The van der Waals surface area contributed by atoms with Crippen molar-refractivity contribution >= 4 is 6.09 Å². The topological polar surface area (TPSA) is 64.3 Å². The summed E-state index contributed by atoms with van der Waals surface area (Å²) in [6.45, 7) is 4.78. The predicted octanol–water partition coefficient (Wildman–Crippen LogP) is 0.632. The molecule has 0 fully saturated rings. The van der Waals surface area contributed by atoms with E-state index in [0.29, 0.717) is 12.5 Å². The van der Waals surface area contributed by atoms with E-state index in [0.717, 1.165) is 6.42 Å². The van der Waals surface area contributed by atoms with Gasteiger partial charge >= 0.3 is 6.09 Å². The smallest absolute Gasteiger partial charge is 0.357 e. The van der Waals surface area contributed by atoms with Crippen molar-refractivity contribution in [2.75, 3.05) is 6.54 Å². The van der Waals surface area contributed by atoms with Crippen molar-refractivity contribution in [2.24, 2.45) is 11.8 Å². The third kappa shape index (κ3) is 5.37. The van der Waals surface area contributed by atoms with Crippen molar-refractivity contribution in [2.45, 2.75) is 20.3 Å². The maximum Gasteiger partial charge on any atom is 0.425 e. The molecule has 10 heavy (non-hydrogen) atoms. The normalized spacial score (nSPS) is 9.60. The van der Waals surface area contributed by atoms with Crippen LogP contribution >= 0.6 is 0 Å². The lowest BCUT2D eigenvalue weighted by Gasteiger charge is -2.04. The first-order chi connectivity index (χ1) is 4.66. The van der Waals surface area contributed by atoms with E-state index in [1.807, 2.05) is 0 Å². The fourth-order valence-corrected chi connectivity index (χ4v) is 0.505. The van der Waals surface area contributed by atoms with Gasteiger partial charge in [0.15, 0.2) is 0 Å². The number of rotatable bonds is 3. The minimum absolute atomic E-state index is 0.569. The second-order valence-electron chi connectivity index (χ2n) is 2.51. The molecule has 0 rings (SSSR count). The molecule has 0 aliphatic rings. The maximum absolute atomic E-state index is 10.3. The molecule has 0 bridgehead atoms. The first-order valence-corrected chi connectivity index (χ1v) is 3.31. The van der Waals surface area contributed by atoms with Crippen LogP contribution in [0.2, 0.25) is 0 Å². The lowest BCUT2D eigenvalue weighted by molar-refractivity contribution is 0.147. The molecule has 0 unspecified atom stereocenters. The summed E-state index contributed by atoms with van der Waals surface area (Å²) in [4.78, 5) is 14.2. The van der Waals surface area contributed by atoms with Crippen molar-refractivity contribution < 1.29 is 9.63 Å². The van der Waals surface area contributed by atoms with Crippen LogP contribution in [0.1, 0.15) is 20.3 Å². The van der Waals surface area contributed by atoms with Gasteiger partial charge in [0.1, 0.15) is 0 Å². The van der Waals surface area contributed by atoms with Crippen molar-refractivity contribution in [1.29, 1.82) is 0 Å². The average molecular weight is 146 g/mol. The SMILES string of the molecule is CC(C)CCNC(=O)ON. The predicted molar refractivity (Wildman–Crippen MR) is 38.1 cm³/mol. The Bertz CT molecular complexity index is 104. The van der Waals surface area contributed by atoms with E-state index in [9.17, 15) is 4.79 Å².